The topological polar surface area (TPSA) is 66.5 Å². The van der Waals surface area contributed by atoms with Crippen molar-refractivity contribution in [1.82, 2.24) is 10.2 Å². The molecule has 0 unspecified atom stereocenters. The fourth-order valence-corrected chi connectivity index (χ4v) is 3.71. The summed E-state index contributed by atoms with van der Waals surface area (Å²) < 4.78 is 0. The highest BCUT2D eigenvalue weighted by atomic mass is 16.2. The molecule has 2 aromatic carbocycles. The molecule has 30 heavy (non-hydrogen) atoms. The lowest BCUT2D eigenvalue weighted by Gasteiger charge is -2.29. The Hall–Kier alpha value is -2.95. The Morgan fingerprint density at radius 2 is 1.70 bits per heavy atom. The highest BCUT2D eigenvalue weighted by Crippen LogP contribution is 2.19. The Morgan fingerprint density at radius 3 is 2.47 bits per heavy atom. The summed E-state index contributed by atoms with van der Waals surface area (Å²) in [6.45, 7) is 5.85. The lowest BCUT2D eigenvalue weighted by molar-refractivity contribution is -0.132. The van der Waals surface area contributed by atoms with Crippen molar-refractivity contribution in [2.24, 2.45) is 0 Å². The summed E-state index contributed by atoms with van der Waals surface area (Å²) in [5.41, 5.74) is 5.42. The number of rotatable bonds is 8. The van der Waals surface area contributed by atoms with Crippen LogP contribution in [0.3, 0.4) is 0 Å². The van der Waals surface area contributed by atoms with Crippen molar-refractivity contribution >= 4 is 17.6 Å². The average molecular weight is 407 g/mol. The van der Waals surface area contributed by atoms with Gasteiger partial charge in [0.15, 0.2) is 5.78 Å². The molecular formula is C25H30N2O3. The number of hydrogen-bond donors (Lipinski definition) is 1. The van der Waals surface area contributed by atoms with Crippen molar-refractivity contribution < 1.29 is 14.4 Å². The average Bonchev–Trinajstić information content (AvgIpc) is 2.76. The molecule has 0 saturated heterocycles. The number of Topliss-reactive ketones (excluding diaryl/α,β-unsaturated/α-hetero) is 1. The molecule has 158 valence electrons. The van der Waals surface area contributed by atoms with Crippen LogP contribution in [-0.2, 0) is 22.6 Å². The molecule has 3 rings (SSSR count). The molecule has 1 heterocycles. The number of aryl methyl sites for hydroxylation is 2. The molecule has 5 nitrogen and oxygen atoms in total. The largest absolute Gasteiger partial charge is 0.356 e. The second-order valence-corrected chi connectivity index (χ2v) is 8.01. The van der Waals surface area contributed by atoms with E-state index in [9.17, 15) is 14.4 Å². The third-order valence-corrected chi connectivity index (χ3v) is 5.78. The molecule has 1 aliphatic rings. The number of amides is 2. The van der Waals surface area contributed by atoms with Gasteiger partial charge in [0.1, 0.15) is 0 Å². The lowest BCUT2D eigenvalue weighted by Crippen LogP contribution is -2.36. The summed E-state index contributed by atoms with van der Waals surface area (Å²) in [7, 11) is 0. The number of nitrogens with zero attached hydrogens (tertiary/aromatic N) is 1. The van der Waals surface area contributed by atoms with E-state index in [0.29, 0.717) is 31.5 Å². The molecule has 0 radical (unpaired) electrons. The van der Waals surface area contributed by atoms with Crippen LogP contribution in [0.1, 0.15) is 58.3 Å². The van der Waals surface area contributed by atoms with Crippen molar-refractivity contribution in [2.45, 2.75) is 52.5 Å². The predicted octanol–water partition coefficient (Wildman–Crippen LogP) is 3.75. The number of benzene rings is 2. The highest BCUT2D eigenvalue weighted by Gasteiger charge is 2.19. The van der Waals surface area contributed by atoms with Crippen molar-refractivity contribution in [3.05, 3.63) is 70.3 Å². The molecule has 0 aliphatic carbocycles. The van der Waals surface area contributed by atoms with Crippen LogP contribution < -0.4 is 5.32 Å². The Bertz CT molecular complexity index is 936. The number of ketones is 1. The Balaban J connectivity index is 1.33. The van der Waals surface area contributed by atoms with Crippen molar-refractivity contribution in [1.29, 1.82) is 0 Å². The van der Waals surface area contributed by atoms with Gasteiger partial charge in [0.05, 0.1) is 0 Å². The minimum Gasteiger partial charge on any atom is -0.356 e. The van der Waals surface area contributed by atoms with E-state index in [1.807, 2.05) is 49.1 Å². The summed E-state index contributed by atoms with van der Waals surface area (Å²) >= 11 is 0. The van der Waals surface area contributed by atoms with Gasteiger partial charge in [-0.15, -0.1) is 0 Å². The molecule has 1 aliphatic heterocycles. The molecule has 0 bridgehead atoms. The van der Waals surface area contributed by atoms with Crippen LogP contribution in [-0.4, -0.2) is 35.6 Å². The maximum absolute atomic E-state index is 12.4. The summed E-state index contributed by atoms with van der Waals surface area (Å²) in [6.07, 6.45) is 2.29. The number of fused-ring (bicyclic) bond motifs is 1. The first-order chi connectivity index (χ1) is 14.4. The van der Waals surface area contributed by atoms with Crippen molar-refractivity contribution in [3.8, 4) is 0 Å². The van der Waals surface area contributed by atoms with Gasteiger partial charge in [-0.1, -0.05) is 36.4 Å². The van der Waals surface area contributed by atoms with Gasteiger partial charge in [0.25, 0.3) is 0 Å². The number of nitrogens with one attached hydrogen (secondary N) is 1. The smallest absolute Gasteiger partial charge is 0.222 e. The second-order valence-electron chi connectivity index (χ2n) is 8.01. The van der Waals surface area contributed by atoms with Crippen LogP contribution in [0, 0.1) is 13.8 Å². The van der Waals surface area contributed by atoms with Crippen LogP contribution >= 0.6 is 0 Å². The van der Waals surface area contributed by atoms with Gasteiger partial charge in [-0.05, 0) is 55.0 Å². The monoisotopic (exact) mass is 406 g/mol. The van der Waals surface area contributed by atoms with E-state index in [1.54, 1.807) is 0 Å². The standard InChI is InChI=1S/C25H30N2O3/c1-18-9-10-21(16-19(18)2)23(28)11-12-24(29)26-14-5-8-25(30)27-15-13-20-6-3-4-7-22(20)17-27/h3-4,6-7,9-10,16H,5,8,11-15,17H2,1-2H3,(H,26,29). The molecule has 0 atom stereocenters. The normalized spacial score (nSPS) is 12.9. The summed E-state index contributed by atoms with van der Waals surface area (Å²) in [5, 5.41) is 2.82. The van der Waals surface area contributed by atoms with E-state index in [4.69, 9.17) is 0 Å². The zero-order chi connectivity index (χ0) is 21.5. The van der Waals surface area contributed by atoms with Crippen LogP contribution in [0.5, 0.6) is 0 Å². The highest BCUT2D eigenvalue weighted by molar-refractivity contribution is 5.98. The zero-order valence-electron chi connectivity index (χ0n) is 17.9. The maximum Gasteiger partial charge on any atom is 0.222 e. The first kappa shape index (κ1) is 21.8. The number of hydrogen-bond acceptors (Lipinski definition) is 3. The third kappa shape index (κ3) is 5.78. The van der Waals surface area contributed by atoms with Gasteiger partial charge >= 0.3 is 0 Å². The maximum atomic E-state index is 12.4. The molecule has 5 heteroatoms. The van der Waals surface area contributed by atoms with Gasteiger partial charge < -0.3 is 10.2 Å². The Kier molecular flexibility index (Phi) is 7.39. The van der Waals surface area contributed by atoms with Gasteiger partial charge in [-0.3, -0.25) is 14.4 Å². The van der Waals surface area contributed by atoms with E-state index >= 15 is 0 Å². The van der Waals surface area contributed by atoms with E-state index < -0.39 is 0 Å². The minimum atomic E-state index is -0.147. The quantitative estimate of drug-likeness (QED) is 0.536. The first-order valence-electron chi connectivity index (χ1n) is 10.7. The molecule has 1 N–H and O–H groups in total. The van der Waals surface area contributed by atoms with E-state index in [-0.39, 0.29) is 30.4 Å². The lowest BCUT2D eigenvalue weighted by atomic mass is 9.99. The third-order valence-electron chi connectivity index (χ3n) is 5.78. The molecule has 2 amide bonds. The van der Waals surface area contributed by atoms with Crippen LogP contribution in [0.2, 0.25) is 0 Å². The van der Waals surface area contributed by atoms with E-state index in [0.717, 1.165) is 24.1 Å². The fraction of sp³-hybridized carbons (Fsp3) is 0.400. The van der Waals surface area contributed by atoms with Gasteiger partial charge in [0, 0.05) is 44.5 Å². The predicted molar refractivity (Wildman–Crippen MR) is 117 cm³/mol. The van der Waals surface area contributed by atoms with Crippen LogP contribution in [0.15, 0.2) is 42.5 Å². The number of carbonyl (C=O) groups is 3. The molecule has 0 saturated carbocycles. The second kappa shape index (κ2) is 10.2. The SMILES string of the molecule is Cc1ccc(C(=O)CCC(=O)NCCCC(=O)N2CCc3ccccc3C2)cc1C. The van der Waals surface area contributed by atoms with Crippen LogP contribution in [0.4, 0.5) is 0 Å². The molecule has 0 spiro atoms. The summed E-state index contributed by atoms with van der Waals surface area (Å²) in [5.74, 6) is -0.0380. The van der Waals surface area contributed by atoms with Gasteiger partial charge in [-0.2, -0.15) is 0 Å². The molecule has 0 fully saturated rings. The van der Waals surface area contributed by atoms with Gasteiger partial charge in [-0.25, -0.2) is 0 Å². The van der Waals surface area contributed by atoms with E-state index in [1.165, 1.54) is 11.1 Å². The zero-order valence-corrected chi connectivity index (χ0v) is 17.9. The minimum absolute atomic E-state index is 0.0196. The molecule has 0 aromatic heterocycles. The Morgan fingerprint density at radius 1 is 0.933 bits per heavy atom. The van der Waals surface area contributed by atoms with Gasteiger partial charge in [0.2, 0.25) is 11.8 Å². The molecular weight excluding hydrogens is 376 g/mol. The summed E-state index contributed by atoms with van der Waals surface area (Å²) in [6, 6.07) is 13.9. The summed E-state index contributed by atoms with van der Waals surface area (Å²) in [4.78, 5) is 38.6. The van der Waals surface area contributed by atoms with E-state index in [2.05, 4.69) is 17.4 Å². The fourth-order valence-electron chi connectivity index (χ4n) is 3.71. The van der Waals surface area contributed by atoms with Crippen LogP contribution in [0.25, 0.3) is 0 Å². The Labute approximate surface area is 178 Å². The van der Waals surface area contributed by atoms with Crippen molar-refractivity contribution in [2.75, 3.05) is 13.1 Å². The first-order valence-corrected chi connectivity index (χ1v) is 10.7. The number of carbonyl (C=O) groups excluding carboxylic acids is 3. The van der Waals surface area contributed by atoms with Crippen molar-refractivity contribution in [3.63, 3.8) is 0 Å². The molecule has 2 aromatic rings.